The fourth-order valence-corrected chi connectivity index (χ4v) is 3.16. The summed E-state index contributed by atoms with van der Waals surface area (Å²) in [6.45, 7) is 6.57. The minimum absolute atomic E-state index is 0. The van der Waals surface area contributed by atoms with Crippen molar-refractivity contribution >= 4 is 24.0 Å². The lowest BCUT2D eigenvalue weighted by molar-refractivity contribution is -0.133. The molecule has 4 nitrogen and oxygen atoms in total. The van der Waals surface area contributed by atoms with Gasteiger partial charge in [-0.1, -0.05) is 26.0 Å². The van der Waals surface area contributed by atoms with E-state index in [1.807, 2.05) is 19.2 Å². The number of nitrogens with zero attached hydrogens (tertiary/aromatic N) is 1. The van der Waals surface area contributed by atoms with Crippen molar-refractivity contribution in [3.63, 3.8) is 0 Å². The molecule has 1 fully saturated rings. The largest absolute Gasteiger partial charge is 0.384 e. The summed E-state index contributed by atoms with van der Waals surface area (Å²) in [6, 6.07) is 8.29. The van der Waals surface area contributed by atoms with E-state index in [0.717, 1.165) is 31.6 Å². The van der Waals surface area contributed by atoms with Gasteiger partial charge in [0.15, 0.2) is 0 Å². The van der Waals surface area contributed by atoms with Crippen LogP contribution in [-0.2, 0) is 9.53 Å². The summed E-state index contributed by atoms with van der Waals surface area (Å²) in [5.41, 5.74) is 1.84. The summed E-state index contributed by atoms with van der Waals surface area (Å²) >= 11 is 0. The van der Waals surface area contributed by atoms with Crippen LogP contribution < -0.4 is 10.2 Å². The monoisotopic (exact) mass is 340 g/mol. The van der Waals surface area contributed by atoms with Crippen LogP contribution in [0.15, 0.2) is 24.3 Å². The number of rotatable bonds is 5. The van der Waals surface area contributed by atoms with Crippen molar-refractivity contribution in [1.29, 1.82) is 0 Å². The van der Waals surface area contributed by atoms with Crippen LogP contribution in [0.4, 0.5) is 5.69 Å². The van der Waals surface area contributed by atoms with E-state index in [1.54, 1.807) is 12.0 Å². The van der Waals surface area contributed by atoms with Gasteiger partial charge >= 0.3 is 0 Å². The topological polar surface area (TPSA) is 41.6 Å². The molecule has 23 heavy (non-hydrogen) atoms. The normalized spacial score (nSPS) is 16.7. The molecule has 2 rings (SSSR count). The molecule has 0 bridgehead atoms. The van der Waals surface area contributed by atoms with Gasteiger partial charge in [0, 0.05) is 19.8 Å². The van der Waals surface area contributed by atoms with E-state index in [4.69, 9.17) is 4.74 Å². The third kappa shape index (κ3) is 4.46. The van der Waals surface area contributed by atoms with Crippen LogP contribution in [0.25, 0.3) is 0 Å². The van der Waals surface area contributed by atoms with Crippen LogP contribution in [0, 0.1) is 5.41 Å². The van der Waals surface area contributed by atoms with Crippen molar-refractivity contribution in [3.05, 3.63) is 29.8 Å². The molecular formula is C18H29ClN2O2. The van der Waals surface area contributed by atoms with Crippen LogP contribution >= 0.6 is 12.4 Å². The fraction of sp³-hybridized carbons (Fsp3) is 0.611. The van der Waals surface area contributed by atoms with Gasteiger partial charge in [0.1, 0.15) is 0 Å². The molecule has 1 aromatic rings. The van der Waals surface area contributed by atoms with E-state index in [1.165, 1.54) is 5.56 Å². The minimum Gasteiger partial charge on any atom is -0.384 e. The third-order valence-electron chi connectivity index (χ3n) is 4.69. The van der Waals surface area contributed by atoms with Crippen molar-refractivity contribution in [3.8, 4) is 0 Å². The Kier molecular flexibility index (Phi) is 7.52. The van der Waals surface area contributed by atoms with Crippen LogP contribution in [-0.4, -0.2) is 39.8 Å². The molecule has 0 atom stereocenters. The molecule has 1 heterocycles. The van der Waals surface area contributed by atoms with Gasteiger partial charge < -0.3 is 15.0 Å². The molecule has 0 unspecified atom stereocenters. The zero-order valence-corrected chi connectivity index (χ0v) is 15.4. The van der Waals surface area contributed by atoms with Crippen molar-refractivity contribution < 1.29 is 9.53 Å². The number of nitrogens with one attached hydrogen (secondary N) is 1. The van der Waals surface area contributed by atoms with Crippen LogP contribution in [0.2, 0.25) is 0 Å². The first-order valence-electron chi connectivity index (χ1n) is 8.08. The molecule has 1 amide bonds. The quantitative estimate of drug-likeness (QED) is 0.894. The van der Waals surface area contributed by atoms with Gasteiger partial charge in [-0.25, -0.2) is 0 Å². The number of benzene rings is 1. The first-order valence-corrected chi connectivity index (χ1v) is 8.08. The maximum Gasteiger partial charge on any atom is 0.235 e. The highest BCUT2D eigenvalue weighted by atomic mass is 35.5. The Hall–Kier alpha value is -1.10. The molecule has 0 spiro atoms. The van der Waals surface area contributed by atoms with Gasteiger partial charge in [-0.3, -0.25) is 4.79 Å². The van der Waals surface area contributed by atoms with Crippen molar-refractivity contribution in [2.24, 2.45) is 5.41 Å². The number of methoxy groups -OCH3 is 1. The fourth-order valence-electron chi connectivity index (χ4n) is 3.16. The number of hydrogen-bond acceptors (Lipinski definition) is 3. The lowest BCUT2D eigenvalue weighted by Crippen LogP contribution is -2.50. The number of piperidine rings is 1. The second-order valence-corrected chi connectivity index (χ2v) is 6.57. The summed E-state index contributed by atoms with van der Waals surface area (Å²) in [6.07, 6.45) is 1.65. The molecular weight excluding hydrogens is 312 g/mol. The minimum atomic E-state index is -0.397. The molecule has 1 aliphatic heterocycles. The van der Waals surface area contributed by atoms with E-state index in [9.17, 15) is 4.79 Å². The Morgan fingerprint density at radius 2 is 1.83 bits per heavy atom. The molecule has 1 saturated heterocycles. The molecule has 5 heteroatoms. The second-order valence-electron chi connectivity index (χ2n) is 6.57. The van der Waals surface area contributed by atoms with Gasteiger partial charge in [0.25, 0.3) is 0 Å². The Bertz CT molecular complexity index is 491. The van der Waals surface area contributed by atoms with Gasteiger partial charge in [0.2, 0.25) is 5.91 Å². The van der Waals surface area contributed by atoms with Gasteiger partial charge in [-0.15, -0.1) is 12.4 Å². The Labute approximate surface area is 146 Å². The first-order chi connectivity index (χ1) is 10.5. The standard InChI is InChI=1S/C18H28N2O2.ClH/c1-14(2)15-5-7-16(8-6-15)20(3)17(21)18(13-22-4)9-11-19-12-10-18;/h5-8,14,19H,9-13H2,1-4H3;1H. The number of carbonyl (C=O) groups is 1. The van der Waals surface area contributed by atoms with Crippen molar-refractivity contribution in [1.82, 2.24) is 5.32 Å². The maximum absolute atomic E-state index is 13.0. The molecule has 0 aliphatic carbocycles. The molecule has 1 aliphatic rings. The zero-order chi connectivity index (χ0) is 16.2. The zero-order valence-electron chi connectivity index (χ0n) is 14.6. The Morgan fingerprint density at radius 3 is 2.30 bits per heavy atom. The summed E-state index contributed by atoms with van der Waals surface area (Å²) in [7, 11) is 3.54. The highest BCUT2D eigenvalue weighted by Crippen LogP contribution is 2.33. The van der Waals surface area contributed by atoms with Gasteiger partial charge in [-0.2, -0.15) is 0 Å². The number of hydrogen-bond donors (Lipinski definition) is 1. The predicted molar refractivity (Wildman–Crippen MR) is 97.6 cm³/mol. The highest BCUT2D eigenvalue weighted by molar-refractivity contribution is 5.97. The van der Waals surface area contributed by atoms with E-state index >= 15 is 0 Å². The van der Waals surface area contributed by atoms with E-state index in [2.05, 4.69) is 31.3 Å². The predicted octanol–water partition coefficient (Wildman–Crippen LogP) is 3.21. The number of carbonyl (C=O) groups excluding carboxylic acids is 1. The van der Waals surface area contributed by atoms with Crippen LogP contribution in [0.3, 0.4) is 0 Å². The summed E-state index contributed by atoms with van der Waals surface area (Å²) < 4.78 is 5.37. The molecule has 1 aromatic carbocycles. The average molecular weight is 341 g/mol. The van der Waals surface area contributed by atoms with E-state index < -0.39 is 5.41 Å². The number of anilines is 1. The van der Waals surface area contributed by atoms with Crippen molar-refractivity contribution in [2.75, 3.05) is 38.8 Å². The summed E-state index contributed by atoms with van der Waals surface area (Å²) in [4.78, 5) is 14.8. The SMILES string of the molecule is COCC1(C(=O)N(C)c2ccc(C(C)C)cc2)CCNCC1.Cl. The Morgan fingerprint density at radius 1 is 1.26 bits per heavy atom. The summed E-state index contributed by atoms with van der Waals surface area (Å²) in [5.74, 6) is 0.660. The molecule has 130 valence electrons. The molecule has 0 radical (unpaired) electrons. The average Bonchev–Trinajstić information content (AvgIpc) is 2.54. The molecule has 1 N–H and O–H groups in total. The lowest BCUT2D eigenvalue weighted by Gasteiger charge is -2.38. The van der Waals surface area contributed by atoms with E-state index in [-0.39, 0.29) is 18.3 Å². The molecule has 0 aromatic heterocycles. The second kappa shape index (κ2) is 8.67. The number of amides is 1. The van der Waals surface area contributed by atoms with Crippen molar-refractivity contribution in [2.45, 2.75) is 32.6 Å². The van der Waals surface area contributed by atoms with Gasteiger partial charge in [0.05, 0.1) is 12.0 Å². The first kappa shape index (κ1) is 19.9. The smallest absolute Gasteiger partial charge is 0.235 e. The van der Waals surface area contributed by atoms with Crippen LogP contribution in [0.1, 0.15) is 38.2 Å². The molecule has 0 saturated carbocycles. The van der Waals surface area contributed by atoms with Crippen LogP contribution in [0.5, 0.6) is 0 Å². The third-order valence-corrected chi connectivity index (χ3v) is 4.69. The van der Waals surface area contributed by atoms with Gasteiger partial charge in [-0.05, 0) is 49.5 Å². The van der Waals surface area contributed by atoms with E-state index in [0.29, 0.717) is 12.5 Å². The number of halogens is 1. The maximum atomic E-state index is 13.0. The number of ether oxygens (including phenoxy) is 1. The summed E-state index contributed by atoms with van der Waals surface area (Å²) in [5, 5.41) is 3.33. The lowest BCUT2D eigenvalue weighted by atomic mass is 9.78. The highest BCUT2D eigenvalue weighted by Gasteiger charge is 2.41. The Balaban J connectivity index is 0.00000264.